The van der Waals surface area contributed by atoms with E-state index in [0.29, 0.717) is 11.4 Å². The number of hydrogen-bond acceptors (Lipinski definition) is 3. The van der Waals surface area contributed by atoms with Crippen molar-refractivity contribution < 1.29 is 15.1 Å². The highest BCUT2D eigenvalue weighted by Crippen LogP contribution is 2.46. The Balaban J connectivity index is 1.82. The van der Waals surface area contributed by atoms with Gasteiger partial charge in [0.25, 0.3) is 0 Å². The molecule has 0 radical (unpaired) electrons. The Kier molecular flexibility index (Phi) is 4.30. The molecular formula is C24H26N2O3. The fourth-order valence-electron chi connectivity index (χ4n) is 4.40. The summed E-state index contributed by atoms with van der Waals surface area (Å²) in [5, 5.41) is 23.4. The summed E-state index contributed by atoms with van der Waals surface area (Å²) in [5.74, 6) is -0.967. The quantitative estimate of drug-likeness (QED) is 0.316. The number of hydrogen-bond donors (Lipinski definition) is 3. The lowest BCUT2D eigenvalue weighted by Crippen LogP contribution is -2.34. The maximum absolute atomic E-state index is 11.2. The van der Waals surface area contributed by atoms with Gasteiger partial charge in [-0.1, -0.05) is 45.0 Å². The molecule has 4 rings (SSSR count). The van der Waals surface area contributed by atoms with E-state index in [4.69, 9.17) is 0 Å². The van der Waals surface area contributed by atoms with Crippen LogP contribution in [0.5, 0.6) is 0 Å². The molecule has 5 nitrogen and oxygen atoms in total. The number of benzene rings is 2. The molecule has 0 atom stereocenters. The summed E-state index contributed by atoms with van der Waals surface area (Å²) in [7, 11) is 0. The van der Waals surface area contributed by atoms with E-state index >= 15 is 0 Å². The van der Waals surface area contributed by atoms with Crippen molar-refractivity contribution in [3.63, 3.8) is 0 Å². The molecule has 0 fully saturated rings. The van der Waals surface area contributed by atoms with Crippen molar-refractivity contribution >= 4 is 22.6 Å². The number of aromatic nitrogens is 1. The van der Waals surface area contributed by atoms with Gasteiger partial charge in [-0.2, -0.15) is 0 Å². The van der Waals surface area contributed by atoms with Crippen LogP contribution in [0.3, 0.4) is 0 Å². The van der Waals surface area contributed by atoms with E-state index in [1.54, 1.807) is 18.2 Å². The van der Waals surface area contributed by atoms with Crippen LogP contribution < -0.4 is 0 Å². The van der Waals surface area contributed by atoms with Crippen LogP contribution in [0.1, 0.15) is 73.3 Å². The van der Waals surface area contributed by atoms with Crippen LogP contribution in [0.25, 0.3) is 10.9 Å². The van der Waals surface area contributed by atoms with Crippen LogP contribution in [0.4, 0.5) is 0 Å². The molecular weight excluding hydrogens is 364 g/mol. The van der Waals surface area contributed by atoms with Crippen LogP contribution in [0, 0.1) is 0 Å². The molecule has 3 aromatic rings. The van der Waals surface area contributed by atoms with Crippen LogP contribution in [0.2, 0.25) is 0 Å². The molecule has 5 heteroatoms. The zero-order valence-electron chi connectivity index (χ0n) is 17.2. The normalized spacial score (nSPS) is 17.9. The number of nitrogens with one attached hydrogen (secondary N) is 1. The van der Waals surface area contributed by atoms with E-state index in [2.05, 4.69) is 50.0 Å². The third-order valence-corrected chi connectivity index (χ3v) is 6.35. The number of H-pyrrole nitrogens is 1. The number of aromatic carboxylic acids is 1. The number of oxime groups is 1. The molecule has 3 N–H and O–H groups in total. The first-order valence-electron chi connectivity index (χ1n) is 9.86. The Morgan fingerprint density at radius 3 is 2.24 bits per heavy atom. The van der Waals surface area contributed by atoms with Gasteiger partial charge < -0.3 is 15.3 Å². The standard InChI is InChI=1S/C24H26N2O3/c1-23(2)9-10-24(3,4)18-12-14(5-7-17(18)23)21(26-29)20-13-16-11-15(22(27)28)6-8-19(16)25-20/h5-8,11-13,25,29H,9-10H2,1-4H3,(H,27,28)/b26-21+. The Morgan fingerprint density at radius 1 is 0.931 bits per heavy atom. The van der Waals surface area contributed by atoms with Crippen molar-refractivity contribution in [2.75, 3.05) is 0 Å². The summed E-state index contributed by atoms with van der Waals surface area (Å²) < 4.78 is 0. The number of fused-ring (bicyclic) bond motifs is 2. The van der Waals surface area contributed by atoms with Gasteiger partial charge in [-0.15, -0.1) is 0 Å². The second-order valence-corrected chi connectivity index (χ2v) is 9.27. The predicted molar refractivity (Wildman–Crippen MR) is 114 cm³/mol. The van der Waals surface area contributed by atoms with E-state index in [0.717, 1.165) is 29.3 Å². The van der Waals surface area contributed by atoms with Crippen molar-refractivity contribution in [3.05, 3.63) is 70.4 Å². The molecule has 1 aromatic heterocycles. The highest BCUT2D eigenvalue weighted by molar-refractivity contribution is 6.13. The predicted octanol–water partition coefficient (Wildman–Crippen LogP) is 5.44. The topological polar surface area (TPSA) is 85.7 Å². The highest BCUT2D eigenvalue weighted by atomic mass is 16.4. The van der Waals surface area contributed by atoms with Crippen LogP contribution in [-0.2, 0) is 10.8 Å². The van der Waals surface area contributed by atoms with Crippen molar-refractivity contribution in [2.45, 2.75) is 51.4 Å². The number of nitrogens with zero attached hydrogens (tertiary/aromatic N) is 1. The van der Waals surface area contributed by atoms with Gasteiger partial charge in [0.05, 0.1) is 11.3 Å². The van der Waals surface area contributed by atoms with E-state index in [9.17, 15) is 15.1 Å². The largest absolute Gasteiger partial charge is 0.478 e. The molecule has 1 aliphatic rings. The first-order valence-corrected chi connectivity index (χ1v) is 9.86. The Hall–Kier alpha value is -3.08. The smallest absolute Gasteiger partial charge is 0.335 e. The van der Waals surface area contributed by atoms with Gasteiger partial charge in [0.2, 0.25) is 0 Å². The van der Waals surface area contributed by atoms with Crippen LogP contribution >= 0.6 is 0 Å². The lowest BCUT2D eigenvalue weighted by atomic mass is 9.63. The zero-order valence-corrected chi connectivity index (χ0v) is 17.2. The minimum absolute atomic E-state index is 0.0538. The van der Waals surface area contributed by atoms with Gasteiger partial charge in [0.15, 0.2) is 0 Å². The molecule has 1 heterocycles. The lowest BCUT2D eigenvalue weighted by Gasteiger charge is -2.42. The summed E-state index contributed by atoms with van der Waals surface area (Å²) in [6.07, 6.45) is 2.24. The summed E-state index contributed by atoms with van der Waals surface area (Å²) >= 11 is 0. The molecule has 0 saturated carbocycles. The molecule has 0 saturated heterocycles. The Bertz CT molecular complexity index is 1150. The Labute approximate surface area is 170 Å². The summed E-state index contributed by atoms with van der Waals surface area (Å²) in [5.41, 5.74) is 5.76. The molecule has 150 valence electrons. The monoisotopic (exact) mass is 390 g/mol. The van der Waals surface area contributed by atoms with Crippen molar-refractivity contribution in [2.24, 2.45) is 5.16 Å². The summed E-state index contributed by atoms with van der Waals surface area (Å²) in [4.78, 5) is 14.5. The van der Waals surface area contributed by atoms with Crippen molar-refractivity contribution in [1.29, 1.82) is 0 Å². The molecule has 2 aromatic carbocycles. The molecule has 0 amide bonds. The van der Waals surface area contributed by atoms with Gasteiger partial charge >= 0.3 is 5.97 Å². The maximum Gasteiger partial charge on any atom is 0.335 e. The minimum Gasteiger partial charge on any atom is -0.478 e. The number of carbonyl (C=O) groups is 1. The highest BCUT2D eigenvalue weighted by Gasteiger charge is 2.37. The molecule has 1 aliphatic carbocycles. The first-order chi connectivity index (χ1) is 13.6. The van der Waals surface area contributed by atoms with Gasteiger partial charge in [-0.05, 0) is 65.1 Å². The van der Waals surface area contributed by atoms with Crippen LogP contribution in [0.15, 0.2) is 47.6 Å². The first kappa shape index (κ1) is 19.2. The third kappa shape index (κ3) is 3.20. The molecule has 0 spiro atoms. The van der Waals surface area contributed by atoms with E-state index in [-0.39, 0.29) is 16.4 Å². The number of carboxylic acids is 1. The second kappa shape index (κ2) is 6.48. The average molecular weight is 390 g/mol. The maximum atomic E-state index is 11.2. The van der Waals surface area contributed by atoms with E-state index in [1.807, 2.05) is 12.1 Å². The van der Waals surface area contributed by atoms with E-state index in [1.165, 1.54) is 11.1 Å². The second-order valence-electron chi connectivity index (χ2n) is 9.27. The number of rotatable bonds is 3. The summed E-state index contributed by atoms with van der Waals surface area (Å²) in [6, 6.07) is 13.0. The van der Waals surface area contributed by atoms with Gasteiger partial charge in [0.1, 0.15) is 5.71 Å². The van der Waals surface area contributed by atoms with E-state index < -0.39 is 5.97 Å². The van der Waals surface area contributed by atoms with Gasteiger partial charge in [-0.25, -0.2) is 4.79 Å². The number of aromatic amines is 1. The minimum atomic E-state index is -0.967. The number of carboxylic acid groups (broad SMARTS) is 1. The van der Waals surface area contributed by atoms with Crippen molar-refractivity contribution in [3.8, 4) is 0 Å². The third-order valence-electron chi connectivity index (χ3n) is 6.35. The van der Waals surface area contributed by atoms with Crippen molar-refractivity contribution in [1.82, 2.24) is 4.98 Å². The lowest BCUT2D eigenvalue weighted by molar-refractivity contribution is 0.0697. The molecule has 0 bridgehead atoms. The van der Waals surface area contributed by atoms with Gasteiger partial charge in [-0.3, -0.25) is 0 Å². The fourth-order valence-corrected chi connectivity index (χ4v) is 4.40. The van der Waals surface area contributed by atoms with Crippen LogP contribution in [-0.4, -0.2) is 27.0 Å². The van der Waals surface area contributed by atoms with Gasteiger partial charge in [0, 0.05) is 16.5 Å². The SMILES string of the molecule is CC1(C)CCC(C)(C)c2cc(/C(=N\O)c3cc4cc(C(=O)O)ccc4[nH]3)ccc21. The zero-order chi connectivity index (χ0) is 21.0. The summed E-state index contributed by atoms with van der Waals surface area (Å²) in [6.45, 7) is 9.08. The molecule has 0 unspecified atom stereocenters. The average Bonchev–Trinajstić information content (AvgIpc) is 3.09. The molecule has 29 heavy (non-hydrogen) atoms. The Morgan fingerprint density at radius 2 is 1.59 bits per heavy atom. The molecule has 0 aliphatic heterocycles. The fraction of sp³-hybridized carbons (Fsp3) is 0.333.